The number of aromatic nitrogens is 2. The zero-order valence-electron chi connectivity index (χ0n) is 9.08. The summed E-state index contributed by atoms with van der Waals surface area (Å²) in [6.07, 6.45) is 5.38. The fourth-order valence-corrected chi connectivity index (χ4v) is 1.84. The van der Waals surface area contributed by atoms with Gasteiger partial charge in [0.05, 0.1) is 17.4 Å². The second-order valence-electron chi connectivity index (χ2n) is 4.22. The van der Waals surface area contributed by atoms with E-state index in [9.17, 15) is 4.79 Å². The molecule has 2 N–H and O–H groups in total. The third kappa shape index (κ3) is 2.02. The molecule has 15 heavy (non-hydrogen) atoms. The fraction of sp³-hybridized carbons (Fsp3) is 0.600. The summed E-state index contributed by atoms with van der Waals surface area (Å²) in [5.41, 5.74) is 0.327. The van der Waals surface area contributed by atoms with Crippen molar-refractivity contribution in [2.75, 3.05) is 11.9 Å². The lowest BCUT2D eigenvalue weighted by Gasteiger charge is -2.22. The molecule has 1 aromatic heterocycles. The molecule has 0 bridgehead atoms. The van der Waals surface area contributed by atoms with Gasteiger partial charge in [0.25, 0.3) is 0 Å². The molecule has 5 heteroatoms. The number of hydrogen-bond acceptors (Lipinski definition) is 3. The van der Waals surface area contributed by atoms with E-state index in [0.29, 0.717) is 0 Å². The Bertz CT molecular complexity index is 365. The van der Waals surface area contributed by atoms with Crippen LogP contribution in [0.15, 0.2) is 12.4 Å². The van der Waals surface area contributed by atoms with Gasteiger partial charge in [-0.05, 0) is 26.3 Å². The lowest BCUT2D eigenvalue weighted by molar-refractivity contribution is -0.121. The molecule has 5 nitrogen and oxygen atoms in total. The molecular formula is C10H16N4O. The van der Waals surface area contributed by atoms with Crippen LogP contribution in [-0.4, -0.2) is 27.8 Å². The first kappa shape index (κ1) is 10.2. The van der Waals surface area contributed by atoms with Gasteiger partial charge in [0, 0.05) is 13.2 Å². The van der Waals surface area contributed by atoms with E-state index in [-0.39, 0.29) is 5.91 Å². The van der Waals surface area contributed by atoms with Gasteiger partial charge in [-0.3, -0.25) is 9.48 Å². The summed E-state index contributed by atoms with van der Waals surface area (Å²) in [5.74, 6) is 0.0213. The molecule has 1 aliphatic heterocycles. The van der Waals surface area contributed by atoms with Crippen molar-refractivity contribution >= 4 is 11.6 Å². The van der Waals surface area contributed by atoms with Crippen LogP contribution in [0.25, 0.3) is 0 Å². The fourth-order valence-electron chi connectivity index (χ4n) is 1.84. The summed E-state index contributed by atoms with van der Waals surface area (Å²) in [4.78, 5) is 11.9. The van der Waals surface area contributed by atoms with E-state index in [2.05, 4.69) is 15.7 Å². The molecule has 0 spiro atoms. The standard InChI is InChI=1S/C10H16N4O/c1-10(4-3-5-11-10)9(15)13-8-6-12-14(2)7-8/h6-7,11H,3-5H2,1-2H3,(H,13,15). The lowest BCUT2D eigenvalue weighted by atomic mass is 9.99. The molecule has 1 atom stereocenters. The lowest BCUT2D eigenvalue weighted by Crippen LogP contribution is -2.47. The predicted octanol–water partition coefficient (Wildman–Crippen LogP) is 0.501. The number of amides is 1. The third-order valence-electron chi connectivity index (χ3n) is 2.83. The van der Waals surface area contributed by atoms with Gasteiger partial charge in [-0.1, -0.05) is 0 Å². The van der Waals surface area contributed by atoms with Gasteiger partial charge in [0.1, 0.15) is 0 Å². The summed E-state index contributed by atoms with van der Waals surface area (Å²) in [5, 5.41) is 10.1. The second-order valence-corrected chi connectivity index (χ2v) is 4.22. The highest BCUT2D eigenvalue weighted by Crippen LogP contribution is 2.20. The van der Waals surface area contributed by atoms with E-state index in [1.54, 1.807) is 17.1 Å². The zero-order chi connectivity index (χ0) is 10.9. The van der Waals surface area contributed by atoms with Crippen molar-refractivity contribution < 1.29 is 4.79 Å². The van der Waals surface area contributed by atoms with Crippen molar-refractivity contribution in [3.05, 3.63) is 12.4 Å². The van der Waals surface area contributed by atoms with E-state index in [4.69, 9.17) is 0 Å². The Kier molecular flexibility index (Phi) is 2.48. The molecular weight excluding hydrogens is 192 g/mol. The number of carbonyl (C=O) groups is 1. The van der Waals surface area contributed by atoms with Gasteiger partial charge >= 0.3 is 0 Å². The SMILES string of the molecule is Cn1cc(NC(=O)C2(C)CCCN2)cn1. The minimum absolute atomic E-state index is 0.0213. The summed E-state index contributed by atoms with van der Waals surface area (Å²) in [6.45, 7) is 2.85. The van der Waals surface area contributed by atoms with Gasteiger partial charge in [-0.15, -0.1) is 0 Å². The molecule has 2 heterocycles. The van der Waals surface area contributed by atoms with Crippen molar-refractivity contribution in [3.63, 3.8) is 0 Å². The summed E-state index contributed by atoms with van der Waals surface area (Å²) in [7, 11) is 1.82. The molecule has 1 aliphatic rings. The maximum atomic E-state index is 11.9. The number of rotatable bonds is 2. The second kappa shape index (κ2) is 3.66. The van der Waals surface area contributed by atoms with E-state index in [0.717, 1.165) is 25.1 Å². The molecule has 0 saturated carbocycles. The van der Waals surface area contributed by atoms with Crippen LogP contribution in [-0.2, 0) is 11.8 Å². The molecule has 0 aromatic carbocycles. The molecule has 2 rings (SSSR count). The van der Waals surface area contributed by atoms with E-state index in [1.807, 2.05) is 14.0 Å². The largest absolute Gasteiger partial charge is 0.322 e. The number of nitrogens with one attached hydrogen (secondary N) is 2. The number of aryl methyl sites for hydroxylation is 1. The van der Waals surface area contributed by atoms with Crippen molar-refractivity contribution in [1.82, 2.24) is 15.1 Å². The Morgan fingerprint density at radius 1 is 1.73 bits per heavy atom. The molecule has 1 fully saturated rings. The molecule has 1 aromatic rings. The van der Waals surface area contributed by atoms with Gasteiger partial charge in [-0.25, -0.2) is 0 Å². The van der Waals surface area contributed by atoms with E-state index < -0.39 is 5.54 Å². The van der Waals surface area contributed by atoms with Gasteiger partial charge in [-0.2, -0.15) is 5.10 Å². The highest BCUT2D eigenvalue weighted by Gasteiger charge is 2.35. The average molecular weight is 208 g/mol. The Balaban J connectivity index is 2.03. The Morgan fingerprint density at radius 2 is 2.53 bits per heavy atom. The van der Waals surface area contributed by atoms with E-state index in [1.165, 1.54) is 0 Å². The average Bonchev–Trinajstić information content (AvgIpc) is 2.76. The quantitative estimate of drug-likeness (QED) is 0.744. The van der Waals surface area contributed by atoms with Crippen molar-refractivity contribution in [1.29, 1.82) is 0 Å². The molecule has 1 amide bonds. The predicted molar refractivity (Wildman–Crippen MR) is 57.5 cm³/mol. The molecule has 0 aliphatic carbocycles. The van der Waals surface area contributed by atoms with Gasteiger partial charge < -0.3 is 10.6 Å². The van der Waals surface area contributed by atoms with Gasteiger partial charge in [0.2, 0.25) is 5.91 Å². The number of hydrogen-bond donors (Lipinski definition) is 2. The maximum absolute atomic E-state index is 11.9. The Morgan fingerprint density at radius 3 is 3.07 bits per heavy atom. The molecule has 1 saturated heterocycles. The zero-order valence-corrected chi connectivity index (χ0v) is 9.08. The first-order chi connectivity index (χ1) is 7.10. The van der Waals surface area contributed by atoms with Crippen molar-refractivity contribution in [2.24, 2.45) is 7.05 Å². The summed E-state index contributed by atoms with van der Waals surface area (Å²) in [6, 6.07) is 0. The van der Waals surface area contributed by atoms with Crippen LogP contribution in [0, 0.1) is 0 Å². The van der Waals surface area contributed by atoms with Crippen LogP contribution in [0.1, 0.15) is 19.8 Å². The molecule has 0 radical (unpaired) electrons. The van der Waals surface area contributed by atoms with Gasteiger partial charge in [0.15, 0.2) is 0 Å². The normalized spacial score (nSPS) is 25.5. The minimum Gasteiger partial charge on any atom is -0.322 e. The van der Waals surface area contributed by atoms with Crippen LogP contribution >= 0.6 is 0 Å². The highest BCUT2D eigenvalue weighted by atomic mass is 16.2. The van der Waals surface area contributed by atoms with Crippen molar-refractivity contribution in [2.45, 2.75) is 25.3 Å². The number of carbonyl (C=O) groups excluding carboxylic acids is 1. The topological polar surface area (TPSA) is 59.0 Å². The highest BCUT2D eigenvalue weighted by molar-refractivity contribution is 5.97. The van der Waals surface area contributed by atoms with Crippen LogP contribution in [0.5, 0.6) is 0 Å². The third-order valence-corrected chi connectivity index (χ3v) is 2.83. The summed E-state index contributed by atoms with van der Waals surface area (Å²) < 4.78 is 1.67. The molecule has 82 valence electrons. The maximum Gasteiger partial charge on any atom is 0.244 e. The first-order valence-corrected chi connectivity index (χ1v) is 5.15. The first-order valence-electron chi connectivity index (χ1n) is 5.15. The smallest absolute Gasteiger partial charge is 0.244 e. The van der Waals surface area contributed by atoms with Crippen LogP contribution < -0.4 is 10.6 Å². The Hall–Kier alpha value is -1.36. The summed E-state index contributed by atoms with van der Waals surface area (Å²) >= 11 is 0. The van der Waals surface area contributed by atoms with Crippen LogP contribution in [0.4, 0.5) is 5.69 Å². The van der Waals surface area contributed by atoms with E-state index >= 15 is 0 Å². The van der Waals surface area contributed by atoms with Crippen LogP contribution in [0.2, 0.25) is 0 Å². The minimum atomic E-state index is -0.421. The van der Waals surface area contributed by atoms with Crippen LogP contribution in [0.3, 0.4) is 0 Å². The number of nitrogens with zero attached hydrogens (tertiary/aromatic N) is 2. The Labute approximate surface area is 88.8 Å². The molecule has 1 unspecified atom stereocenters. The van der Waals surface area contributed by atoms with Crippen molar-refractivity contribution in [3.8, 4) is 0 Å². The monoisotopic (exact) mass is 208 g/mol. The number of anilines is 1.